The number of nitro groups is 1. The SMILES string of the molecule is N#Cc1ccc(NC(=O)c2ccc(F)cc2[N+](=O)[O-])nc1. The van der Waals surface area contributed by atoms with Crippen LogP contribution in [0.15, 0.2) is 36.5 Å². The molecule has 8 heteroatoms. The number of amides is 1. The van der Waals surface area contributed by atoms with Gasteiger partial charge in [0.25, 0.3) is 11.6 Å². The Morgan fingerprint density at radius 2 is 2.14 bits per heavy atom. The van der Waals surface area contributed by atoms with Crippen molar-refractivity contribution in [3.63, 3.8) is 0 Å². The average Bonchev–Trinajstić information content (AvgIpc) is 2.47. The van der Waals surface area contributed by atoms with Gasteiger partial charge in [-0.2, -0.15) is 5.26 Å². The largest absolute Gasteiger partial charge is 0.306 e. The number of rotatable bonds is 3. The van der Waals surface area contributed by atoms with Crippen LogP contribution in [-0.2, 0) is 0 Å². The predicted molar refractivity (Wildman–Crippen MR) is 70.0 cm³/mol. The van der Waals surface area contributed by atoms with Gasteiger partial charge in [-0.1, -0.05) is 0 Å². The topological polar surface area (TPSA) is 109 Å². The van der Waals surface area contributed by atoms with Crippen LogP contribution in [0.25, 0.3) is 0 Å². The molecule has 1 amide bonds. The van der Waals surface area contributed by atoms with E-state index < -0.39 is 22.3 Å². The number of nitro benzene ring substituents is 1. The number of pyridine rings is 1. The Labute approximate surface area is 117 Å². The molecular weight excluding hydrogens is 279 g/mol. The van der Waals surface area contributed by atoms with Crippen LogP contribution in [0.1, 0.15) is 15.9 Å². The normalized spacial score (nSPS) is 9.71. The maximum absolute atomic E-state index is 13.0. The van der Waals surface area contributed by atoms with Gasteiger partial charge in [-0.15, -0.1) is 0 Å². The maximum atomic E-state index is 13.0. The van der Waals surface area contributed by atoms with E-state index in [-0.39, 0.29) is 11.4 Å². The maximum Gasteiger partial charge on any atom is 0.285 e. The summed E-state index contributed by atoms with van der Waals surface area (Å²) in [5.41, 5.74) is -0.616. The number of halogens is 1. The van der Waals surface area contributed by atoms with Crippen LogP contribution < -0.4 is 5.32 Å². The second-order valence-corrected chi connectivity index (χ2v) is 3.92. The summed E-state index contributed by atoms with van der Waals surface area (Å²) in [6, 6.07) is 7.32. The zero-order valence-corrected chi connectivity index (χ0v) is 10.4. The van der Waals surface area contributed by atoms with Gasteiger partial charge >= 0.3 is 0 Å². The van der Waals surface area contributed by atoms with Crippen LogP contribution in [0.2, 0.25) is 0 Å². The highest BCUT2D eigenvalue weighted by Crippen LogP contribution is 2.20. The van der Waals surface area contributed by atoms with Crippen molar-refractivity contribution in [2.24, 2.45) is 0 Å². The highest BCUT2D eigenvalue weighted by Gasteiger charge is 2.21. The van der Waals surface area contributed by atoms with Crippen molar-refractivity contribution in [3.8, 4) is 6.07 Å². The molecule has 0 atom stereocenters. The van der Waals surface area contributed by atoms with Gasteiger partial charge in [0, 0.05) is 6.20 Å². The van der Waals surface area contributed by atoms with Crippen LogP contribution in [0.5, 0.6) is 0 Å². The van der Waals surface area contributed by atoms with Gasteiger partial charge in [-0.3, -0.25) is 14.9 Å². The molecule has 0 aliphatic carbocycles. The Kier molecular flexibility index (Phi) is 3.85. The fourth-order valence-corrected chi connectivity index (χ4v) is 1.57. The van der Waals surface area contributed by atoms with Crippen molar-refractivity contribution in [1.82, 2.24) is 4.98 Å². The van der Waals surface area contributed by atoms with Crippen molar-refractivity contribution in [2.75, 3.05) is 5.32 Å². The molecule has 1 aromatic carbocycles. The molecule has 0 bridgehead atoms. The number of aromatic nitrogens is 1. The third-order valence-corrected chi connectivity index (χ3v) is 2.54. The summed E-state index contributed by atoms with van der Waals surface area (Å²) in [6.45, 7) is 0. The molecule has 1 aromatic heterocycles. The van der Waals surface area contributed by atoms with Gasteiger partial charge < -0.3 is 5.32 Å². The molecule has 1 heterocycles. The molecule has 104 valence electrons. The summed E-state index contributed by atoms with van der Waals surface area (Å²) in [5.74, 6) is -1.48. The highest BCUT2D eigenvalue weighted by molar-refractivity contribution is 6.06. The number of carbonyl (C=O) groups excluding carboxylic acids is 1. The Bertz CT molecular complexity index is 753. The minimum absolute atomic E-state index is 0.123. The Morgan fingerprint density at radius 1 is 1.38 bits per heavy atom. The lowest BCUT2D eigenvalue weighted by Crippen LogP contribution is -2.15. The zero-order valence-electron chi connectivity index (χ0n) is 10.4. The predicted octanol–water partition coefficient (Wildman–Crippen LogP) is 2.25. The quantitative estimate of drug-likeness (QED) is 0.687. The molecule has 7 nitrogen and oxygen atoms in total. The summed E-state index contributed by atoms with van der Waals surface area (Å²) >= 11 is 0. The third kappa shape index (κ3) is 3.16. The second kappa shape index (κ2) is 5.75. The molecule has 0 saturated heterocycles. The number of nitrogens with zero attached hydrogens (tertiary/aromatic N) is 3. The summed E-state index contributed by atoms with van der Waals surface area (Å²) < 4.78 is 13.0. The molecule has 2 rings (SSSR count). The average molecular weight is 286 g/mol. The van der Waals surface area contributed by atoms with Crippen molar-refractivity contribution < 1.29 is 14.1 Å². The van der Waals surface area contributed by atoms with Crippen molar-refractivity contribution >= 4 is 17.4 Å². The monoisotopic (exact) mass is 286 g/mol. The molecule has 0 radical (unpaired) electrons. The number of carbonyl (C=O) groups is 1. The highest BCUT2D eigenvalue weighted by atomic mass is 19.1. The zero-order chi connectivity index (χ0) is 15.4. The number of nitrogens with one attached hydrogen (secondary N) is 1. The van der Waals surface area contributed by atoms with E-state index in [4.69, 9.17) is 5.26 Å². The third-order valence-electron chi connectivity index (χ3n) is 2.54. The van der Waals surface area contributed by atoms with Gasteiger partial charge in [0.05, 0.1) is 16.6 Å². The molecule has 0 unspecified atom stereocenters. The fourth-order valence-electron chi connectivity index (χ4n) is 1.57. The van der Waals surface area contributed by atoms with Crippen molar-refractivity contribution in [2.45, 2.75) is 0 Å². The van der Waals surface area contributed by atoms with Gasteiger partial charge in [0.15, 0.2) is 0 Å². The van der Waals surface area contributed by atoms with E-state index in [2.05, 4.69) is 10.3 Å². The minimum atomic E-state index is -0.843. The van der Waals surface area contributed by atoms with Crippen LogP contribution in [0, 0.1) is 27.3 Å². The summed E-state index contributed by atoms with van der Waals surface area (Å²) in [7, 11) is 0. The summed E-state index contributed by atoms with van der Waals surface area (Å²) in [6.07, 6.45) is 1.24. The van der Waals surface area contributed by atoms with Crippen molar-refractivity contribution in [3.05, 3.63) is 63.6 Å². The Hall–Kier alpha value is -3.34. The van der Waals surface area contributed by atoms with Crippen LogP contribution in [0.4, 0.5) is 15.9 Å². The lowest BCUT2D eigenvalue weighted by molar-refractivity contribution is -0.385. The molecular formula is C13H7FN4O3. The number of nitriles is 1. The Balaban J connectivity index is 2.28. The van der Waals surface area contributed by atoms with Gasteiger partial charge in [-0.05, 0) is 24.3 Å². The molecule has 0 fully saturated rings. The lowest BCUT2D eigenvalue weighted by Gasteiger charge is -2.05. The molecule has 1 N–H and O–H groups in total. The van der Waals surface area contributed by atoms with E-state index in [1.165, 1.54) is 18.3 Å². The van der Waals surface area contributed by atoms with Crippen LogP contribution in [0.3, 0.4) is 0 Å². The van der Waals surface area contributed by atoms with Crippen LogP contribution in [-0.4, -0.2) is 15.8 Å². The van der Waals surface area contributed by atoms with E-state index in [0.717, 1.165) is 12.1 Å². The first kappa shape index (κ1) is 14.1. The number of anilines is 1. The van der Waals surface area contributed by atoms with E-state index in [0.29, 0.717) is 11.6 Å². The number of hydrogen-bond donors (Lipinski definition) is 1. The van der Waals surface area contributed by atoms with Gasteiger partial charge in [0.1, 0.15) is 23.3 Å². The smallest absolute Gasteiger partial charge is 0.285 e. The second-order valence-electron chi connectivity index (χ2n) is 3.92. The van der Waals surface area contributed by atoms with Crippen LogP contribution >= 0.6 is 0 Å². The first-order chi connectivity index (χ1) is 10.0. The molecule has 0 aliphatic heterocycles. The van der Waals surface area contributed by atoms with E-state index >= 15 is 0 Å². The first-order valence-corrected chi connectivity index (χ1v) is 5.62. The van der Waals surface area contributed by atoms with E-state index in [1.54, 1.807) is 0 Å². The molecule has 21 heavy (non-hydrogen) atoms. The van der Waals surface area contributed by atoms with E-state index in [1.807, 2.05) is 6.07 Å². The standard InChI is InChI=1S/C13H7FN4O3/c14-9-2-3-10(11(5-9)18(20)21)13(19)17-12-4-1-8(6-15)7-16-12/h1-5,7H,(H,16,17,19). The molecule has 0 aliphatic rings. The van der Waals surface area contributed by atoms with Gasteiger partial charge in [-0.25, -0.2) is 9.37 Å². The Morgan fingerprint density at radius 3 is 2.71 bits per heavy atom. The fraction of sp³-hybridized carbons (Fsp3) is 0. The minimum Gasteiger partial charge on any atom is -0.306 e. The van der Waals surface area contributed by atoms with E-state index in [9.17, 15) is 19.3 Å². The van der Waals surface area contributed by atoms with Gasteiger partial charge in [0.2, 0.25) is 0 Å². The molecule has 2 aromatic rings. The van der Waals surface area contributed by atoms with Crippen molar-refractivity contribution in [1.29, 1.82) is 5.26 Å². The molecule has 0 saturated carbocycles. The first-order valence-electron chi connectivity index (χ1n) is 5.62. The summed E-state index contributed by atoms with van der Waals surface area (Å²) in [5, 5.41) is 21.8. The lowest BCUT2D eigenvalue weighted by atomic mass is 10.1. The molecule has 0 spiro atoms. The summed E-state index contributed by atoms with van der Waals surface area (Å²) in [4.78, 5) is 25.7. The number of benzene rings is 1. The number of hydrogen-bond acceptors (Lipinski definition) is 5.